The fraction of sp³-hybridized carbons (Fsp3) is 0. The lowest BCUT2D eigenvalue weighted by Gasteiger charge is -2.06. The maximum Gasteiger partial charge on any atom is 0.201 e. The Hall–Kier alpha value is -3.25. The molecule has 0 amide bonds. The largest absolute Gasteiger partial charge is 0.396 e. The van der Waals surface area contributed by atoms with Crippen molar-refractivity contribution in [2.45, 2.75) is 0 Å². The highest BCUT2D eigenvalue weighted by Gasteiger charge is 2.23. The summed E-state index contributed by atoms with van der Waals surface area (Å²) < 4.78 is 28.4. The predicted octanol–water partition coefficient (Wildman–Crippen LogP) is 4.97. The molecular weight excluding hydrogens is 372 g/mol. The number of nitrogens with two attached hydrogens (primary N) is 1. The van der Waals surface area contributed by atoms with E-state index in [0.717, 1.165) is 17.7 Å². The Balaban J connectivity index is 1.87. The van der Waals surface area contributed by atoms with Crippen LogP contribution in [0.4, 0.5) is 14.5 Å². The normalized spacial score (nSPS) is 11.1. The summed E-state index contributed by atoms with van der Waals surface area (Å²) in [4.78, 5) is 19.9. The van der Waals surface area contributed by atoms with Gasteiger partial charge in [0.25, 0.3) is 0 Å². The lowest BCUT2D eigenvalue weighted by atomic mass is 10.00. The van der Waals surface area contributed by atoms with Gasteiger partial charge in [0.15, 0.2) is 5.82 Å². The third-order valence-corrected chi connectivity index (χ3v) is 4.52. The van der Waals surface area contributed by atoms with Gasteiger partial charge < -0.3 is 10.7 Å². The number of aromatic amines is 1. The number of halogens is 3. The van der Waals surface area contributed by atoms with Gasteiger partial charge in [-0.25, -0.2) is 13.8 Å². The molecule has 0 saturated heterocycles. The van der Waals surface area contributed by atoms with Crippen LogP contribution >= 0.6 is 11.6 Å². The van der Waals surface area contributed by atoms with E-state index in [-0.39, 0.29) is 11.3 Å². The van der Waals surface area contributed by atoms with Crippen LogP contribution < -0.4 is 5.73 Å². The van der Waals surface area contributed by atoms with Gasteiger partial charge in [0, 0.05) is 33.9 Å². The monoisotopic (exact) mass is 383 g/mol. The fourth-order valence-corrected chi connectivity index (χ4v) is 3.12. The standard InChI is InChI=1S/C20H12ClF2N3O/c21-12-3-1-2-10(6-12)11-7-13-14(9-26-20(13)25-8-11)19(27)17-15(22)4-5-16(24)18(17)23/h1-9H,24H2,(H,25,26). The highest BCUT2D eigenvalue weighted by Crippen LogP contribution is 2.29. The summed E-state index contributed by atoms with van der Waals surface area (Å²) in [5.74, 6) is -2.86. The molecule has 0 fully saturated rings. The predicted molar refractivity (Wildman–Crippen MR) is 101 cm³/mol. The number of anilines is 1. The van der Waals surface area contributed by atoms with Crippen LogP contribution in [0.25, 0.3) is 22.2 Å². The zero-order valence-electron chi connectivity index (χ0n) is 13.8. The first kappa shape index (κ1) is 17.2. The summed E-state index contributed by atoms with van der Waals surface area (Å²) in [6.07, 6.45) is 3.00. The summed E-state index contributed by atoms with van der Waals surface area (Å²) in [6, 6.07) is 10.9. The van der Waals surface area contributed by atoms with E-state index in [9.17, 15) is 13.6 Å². The number of carbonyl (C=O) groups is 1. The van der Waals surface area contributed by atoms with Gasteiger partial charge in [-0.2, -0.15) is 0 Å². The lowest BCUT2D eigenvalue weighted by Crippen LogP contribution is -2.09. The molecule has 0 spiro atoms. The van der Waals surface area contributed by atoms with Crippen LogP contribution in [0.1, 0.15) is 15.9 Å². The molecule has 0 aliphatic rings. The van der Waals surface area contributed by atoms with Crippen LogP contribution in [0.5, 0.6) is 0 Å². The smallest absolute Gasteiger partial charge is 0.201 e. The highest BCUT2D eigenvalue weighted by molar-refractivity contribution is 6.30. The first-order valence-electron chi connectivity index (χ1n) is 7.97. The zero-order valence-corrected chi connectivity index (χ0v) is 14.5. The molecule has 0 unspecified atom stereocenters. The average molecular weight is 384 g/mol. The molecule has 0 radical (unpaired) electrons. The minimum Gasteiger partial charge on any atom is -0.396 e. The molecule has 27 heavy (non-hydrogen) atoms. The lowest BCUT2D eigenvalue weighted by molar-refractivity contribution is 0.103. The molecule has 0 saturated carbocycles. The van der Waals surface area contributed by atoms with Crippen LogP contribution in [0.15, 0.2) is 54.9 Å². The summed E-state index contributed by atoms with van der Waals surface area (Å²) >= 11 is 6.03. The second-order valence-electron chi connectivity index (χ2n) is 5.99. The number of aromatic nitrogens is 2. The Morgan fingerprint density at radius 1 is 1.11 bits per heavy atom. The molecule has 7 heteroatoms. The number of hydrogen-bond acceptors (Lipinski definition) is 3. The van der Waals surface area contributed by atoms with Crippen molar-refractivity contribution >= 4 is 34.1 Å². The Kier molecular flexibility index (Phi) is 4.12. The molecule has 0 bridgehead atoms. The number of fused-ring (bicyclic) bond motifs is 1. The Morgan fingerprint density at radius 2 is 1.93 bits per heavy atom. The maximum absolute atomic E-state index is 14.3. The van der Waals surface area contributed by atoms with E-state index < -0.39 is 23.0 Å². The Bertz CT molecular complexity index is 1200. The SMILES string of the molecule is Nc1ccc(F)c(C(=O)c2c[nH]c3ncc(-c4cccc(Cl)c4)cc23)c1F. The molecule has 134 valence electrons. The van der Waals surface area contributed by atoms with Crippen LogP contribution in [0.2, 0.25) is 5.02 Å². The quantitative estimate of drug-likeness (QED) is 0.387. The average Bonchev–Trinajstić information content (AvgIpc) is 3.08. The molecule has 2 heterocycles. The third kappa shape index (κ3) is 2.94. The van der Waals surface area contributed by atoms with Crippen molar-refractivity contribution in [1.82, 2.24) is 9.97 Å². The molecule has 2 aromatic carbocycles. The topological polar surface area (TPSA) is 71.8 Å². The number of pyridine rings is 1. The van der Waals surface area contributed by atoms with E-state index >= 15 is 0 Å². The molecule has 0 atom stereocenters. The van der Waals surface area contributed by atoms with Crippen LogP contribution in [0, 0.1) is 11.6 Å². The Labute approximate surface area is 157 Å². The zero-order chi connectivity index (χ0) is 19.1. The van der Waals surface area contributed by atoms with E-state index in [1.165, 1.54) is 6.20 Å². The van der Waals surface area contributed by atoms with Crippen molar-refractivity contribution in [1.29, 1.82) is 0 Å². The Morgan fingerprint density at radius 3 is 2.70 bits per heavy atom. The van der Waals surface area contributed by atoms with Gasteiger partial charge >= 0.3 is 0 Å². The summed E-state index contributed by atoms with van der Waals surface area (Å²) in [5, 5.41) is 1.00. The number of nitrogen functional groups attached to an aromatic ring is 1. The second kappa shape index (κ2) is 6.48. The number of carbonyl (C=O) groups excluding carboxylic acids is 1. The molecule has 2 aromatic heterocycles. The van der Waals surface area contributed by atoms with Gasteiger partial charge in [-0.1, -0.05) is 23.7 Å². The maximum atomic E-state index is 14.3. The molecule has 4 nitrogen and oxygen atoms in total. The van der Waals surface area contributed by atoms with E-state index in [0.29, 0.717) is 21.6 Å². The fourth-order valence-electron chi connectivity index (χ4n) is 2.93. The van der Waals surface area contributed by atoms with Crippen molar-refractivity contribution in [3.8, 4) is 11.1 Å². The molecule has 0 aliphatic heterocycles. The number of H-pyrrole nitrogens is 1. The summed E-state index contributed by atoms with van der Waals surface area (Å²) in [6.45, 7) is 0. The van der Waals surface area contributed by atoms with Crippen molar-refractivity contribution in [3.05, 3.63) is 82.6 Å². The minimum absolute atomic E-state index is 0.102. The molecule has 4 rings (SSSR count). The van der Waals surface area contributed by atoms with Gasteiger partial charge in [-0.05, 0) is 35.9 Å². The van der Waals surface area contributed by atoms with Gasteiger partial charge in [-0.3, -0.25) is 4.79 Å². The van der Waals surface area contributed by atoms with Crippen LogP contribution in [-0.2, 0) is 0 Å². The summed E-state index contributed by atoms with van der Waals surface area (Å²) in [5.41, 5.74) is 6.54. The van der Waals surface area contributed by atoms with Crippen LogP contribution in [0.3, 0.4) is 0 Å². The van der Waals surface area contributed by atoms with Crippen molar-refractivity contribution in [3.63, 3.8) is 0 Å². The molecule has 3 N–H and O–H groups in total. The van der Waals surface area contributed by atoms with Gasteiger partial charge in [0.05, 0.1) is 11.3 Å². The minimum atomic E-state index is -1.08. The number of nitrogens with zero attached hydrogens (tertiary/aromatic N) is 1. The van der Waals surface area contributed by atoms with E-state index in [4.69, 9.17) is 17.3 Å². The highest BCUT2D eigenvalue weighted by atomic mass is 35.5. The van der Waals surface area contributed by atoms with Gasteiger partial charge in [0.1, 0.15) is 11.5 Å². The number of nitrogens with one attached hydrogen (secondary N) is 1. The number of rotatable bonds is 3. The van der Waals surface area contributed by atoms with Crippen molar-refractivity contribution in [2.75, 3.05) is 5.73 Å². The third-order valence-electron chi connectivity index (χ3n) is 4.28. The molecular formula is C20H12ClF2N3O. The first-order valence-corrected chi connectivity index (χ1v) is 8.34. The van der Waals surface area contributed by atoms with E-state index in [1.54, 1.807) is 30.5 Å². The van der Waals surface area contributed by atoms with E-state index in [1.807, 2.05) is 6.07 Å². The van der Waals surface area contributed by atoms with Gasteiger partial charge in [0.2, 0.25) is 5.78 Å². The number of ketones is 1. The van der Waals surface area contributed by atoms with E-state index in [2.05, 4.69) is 9.97 Å². The number of hydrogen-bond donors (Lipinski definition) is 2. The summed E-state index contributed by atoms with van der Waals surface area (Å²) in [7, 11) is 0. The number of benzene rings is 2. The van der Waals surface area contributed by atoms with Crippen molar-refractivity contribution in [2.24, 2.45) is 0 Å². The van der Waals surface area contributed by atoms with Crippen molar-refractivity contribution < 1.29 is 13.6 Å². The molecule has 0 aliphatic carbocycles. The first-order chi connectivity index (χ1) is 13.0. The van der Waals surface area contributed by atoms with Gasteiger partial charge in [-0.15, -0.1) is 0 Å². The van der Waals surface area contributed by atoms with Crippen LogP contribution in [-0.4, -0.2) is 15.8 Å². The second-order valence-corrected chi connectivity index (χ2v) is 6.42. The molecule has 4 aromatic rings.